The third-order valence-corrected chi connectivity index (χ3v) is 6.26. The highest BCUT2D eigenvalue weighted by Crippen LogP contribution is 2.38. The first kappa shape index (κ1) is 20.8. The molecule has 1 amide bonds. The molecule has 2 heterocycles. The minimum absolute atomic E-state index is 0.106. The molecule has 2 aliphatic rings. The fraction of sp³-hybridized carbons (Fsp3) is 0.565. The zero-order valence-corrected chi connectivity index (χ0v) is 17.9. The summed E-state index contributed by atoms with van der Waals surface area (Å²) in [5.41, 5.74) is 0.987. The van der Waals surface area contributed by atoms with Gasteiger partial charge in [-0.2, -0.15) is 0 Å². The van der Waals surface area contributed by atoms with Gasteiger partial charge in [-0.1, -0.05) is 20.3 Å². The number of rotatable bonds is 7. The van der Waals surface area contributed by atoms with Crippen molar-refractivity contribution < 1.29 is 9.18 Å². The lowest BCUT2D eigenvalue weighted by atomic mass is 10.1. The van der Waals surface area contributed by atoms with Crippen LogP contribution >= 0.6 is 0 Å². The van der Waals surface area contributed by atoms with Crippen LogP contribution in [0.25, 0.3) is 10.9 Å². The van der Waals surface area contributed by atoms with Crippen LogP contribution in [0.5, 0.6) is 0 Å². The number of unbranched alkanes of at least 4 members (excludes halogenated alkanes) is 1. The molecule has 0 unspecified atom stereocenters. The van der Waals surface area contributed by atoms with Gasteiger partial charge in [-0.05, 0) is 37.9 Å². The molecule has 1 aliphatic heterocycles. The molecule has 1 aliphatic carbocycles. The summed E-state index contributed by atoms with van der Waals surface area (Å²) in [7, 11) is 0. The van der Waals surface area contributed by atoms with E-state index in [9.17, 15) is 9.59 Å². The molecule has 1 N–H and O–H groups in total. The SMILES string of the molecule is CCCCNC(=O)c1cn(C2CC2)c2cc(N3CCN(CC)CC3)c(F)cc2c1=O. The second-order valence-corrected chi connectivity index (χ2v) is 8.36. The van der Waals surface area contributed by atoms with Gasteiger partial charge in [-0.3, -0.25) is 9.59 Å². The summed E-state index contributed by atoms with van der Waals surface area (Å²) in [6.45, 7) is 9.05. The molecular formula is C23H31FN4O2. The van der Waals surface area contributed by atoms with Gasteiger partial charge in [0.2, 0.25) is 5.43 Å². The summed E-state index contributed by atoms with van der Waals surface area (Å²) in [4.78, 5) is 30.1. The number of halogens is 1. The van der Waals surface area contributed by atoms with Gasteiger partial charge >= 0.3 is 0 Å². The topological polar surface area (TPSA) is 57.6 Å². The lowest BCUT2D eigenvalue weighted by molar-refractivity contribution is 0.0951. The van der Waals surface area contributed by atoms with Crippen molar-refractivity contribution in [1.29, 1.82) is 0 Å². The summed E-state index contributed by atoms with van der Waals surface area (Å²) in [5.74, 6) is -0.764. The van der Waals surface area contributed by atoms with Crippen LogP contribution in [0.15, 0.2) is 23.1 Å². The van der Waals surface area contributed by atoms with Gasteiger partial charge in [-0.25, -0.2) is 4.39 Å². The first-order valence-corrected chi connectivity index (χ1v) is 11.2. The summed E-state index contributed by atoms with van der Waals surface area (Å²) in [6.07, 6.45) is 5.53. The molecule has 1 saturated carbocycles. The lowest BCUT2D eigenvalue weighted by Gasteiger charge is -2.35. The smallest absolute Gasteiger partial charge is 0.256 e. The number of carbonyl (C=O) groups is 1. The molecule has 0 bridgehead atoms. The van der Waals surface area contributed by atoms with E-state index in [1.807, 2.05) is 17.6 Å². The molecule has 7 heteroatoms. The molecule has 162 valence electrons. The number of anilines is 1. The number of hydrogen-bond donors (Lipinski definition) is 1. The lowest BCUT2D eigenvalue weighted by Crippen LogP contribution is -2.46. The molecule has 1 saturated heterocycles. The highest BCUT2D eigenvalue weighted by atomic mass is 19.1. The predicted octanol–water partition coefficient (Wildman–Crippen LogP) is 3.15. The second-order valence-electron chi connectivity index (χ2n) is 8.36. The number of benzene rings is 1. The van der Waals surface area contributed by atoms with E-state index < -0.39 is 11.2 Å². The van der Waals surface area contributed by atoms with Gasteiger partial charge in [0, 0.05) is 50.3 Å². The van der Waals surface area contributed by atoms with Crippen molar-refractivity contribution in [3.63, 3.8) is 0 Å². The standard InChI is InChI=1S/C23H31FN4O2/c1-3-5-8-25-23(30)18-15-28(16-6-7-16)20-14-21(19(24)13-17(20)22(18)29)27-11-9-26(4-2)10-12-27/h13-16H,3-12H2,1-2H3,(H,25,30). The monoisotopic (exact) mass is 414 g/mol. The van der Waals surface area contributed by atoms with Crippen molar-refractivity contribution >= 4 is 22.5 Å². The van der Waals surface area contributed by atoms with Crippen LogP contribution in [0, 0.1) is 5.82 Å². The summed E-state index contributed by atoms with van der Waals surface area (Å²) in [5, 5.41) is 3.11. The van der Waals surface area contributed by atoms with Crippen molar-refractivity contribution in [2.24, 2.45) is 0 Å². The molecule has 30 heavy (non-hydrogen) atoms. The minimum Gasteiger partial charge on any atom is -0.367 e. The highest BCUT2D eigenvalue weighted by molar-refractivity contribution is 5.97. The van der Waals surface area contributed by atoms with Crippen molar-refractivity contribution in [2.45, 2.75) is 45.6 Å². The molecule has 1 aromatic carbocycles. The largest absolute Gasteiger partial charge is 0.367 e. The molecule has 0 atom stereocenters. The number of amides is 1. The normalized spacial score (nSPS) is 17.5. The molecule has 2 aromatic rings. The zero-order chi connectivity index (χ0) is 21.3. The Morgan fingerprint density at radius 3 is 2.53 bits per heavy atom. The van der Waals surface area contributed by atoms with Gasteiger partial charge in [0.05, 0.1) is 11.2 Å². The van der Waals surface area contributed by atoms with E-state index in [4.69, 9.17) is 0 Å². The van der Waals surface area contributed by atoms with E-state index in [0.29, 0.717) is 17.6 Å². The maximum absolute atomic E-state index is 15.1. The first-order chi connectivity index (χ1) is 14.5. The van der Waals surface area contributed by atoms with Crippen LogP contribution in [0.4, 0.5) is 10.1 Å². The predicted molar refractivity (Wildman–Crippen MR) is 118 cm³/mol. The number of fused-ring (bicyclic) bond motifs is 1. The fourth-order valence-electron chi connectivity index (χ4n) is 4.20. The third-order valence-electron chi connectivity index (χ3n) is 6.26. The van der Waals surface area contributed by atoms with Gasteiger partial charge in [0.1, 0.15) is 11.4 Å². The Morgan fingerprint density at radius 2 is 1.90 bits per heavy atom. The highest BCUT2D eigenvalue weighted by Gasteiger charge is 2.28. The van der Waals surface area contributed by atoms with Crippen LogP contribution in [0.3, 0.4) is 0 Å². The number of hydrogen-bond acceptors (Lipinski definition) is 4. The maximum atomic E-state index is 15.1. The average molecular weight is 415 g/mol. The van der Waals surface area contributed by atoms with Crippen LogP contribution in [-0.4, -0.2) is 54.6 Å². The number of nitrogens with zero attached hydrogens (tertiary/aromatic N) is 3. The number of carbonyl (C=O) groups excluding carboxylic acids is 1. The maximum Gasteiger partial charge on any atom is 0.256 e. The molecule has 1 aromatic heterocycles. The number of aromatic nitrogens is 1. The Hall–Kier alpha value is -2.41. The molecular weight excluding hydrogens is 383 g/mol. The number of pyridine rings is 1. The van der Waals surface area contributed by atoms with E-state index in [1.54, 1.807) is 6.20 Å². The Labute approximate surface area is 176 Å². The van der Waals surface area contributed by atoms with E-state index in [-0.39, 0.29) is 17.5 Å². The fourth-order valence-corrected chi connectivity index (χ4v) is 4.20. The quantitative estimate of drug-likeness (QED) is 0.707. The number of piperazine rings is 1. The zero-order valence-electron chi connectivity index (χ0n) is 17.9. The first-order valence-electron chi connectivity index (χ1n) is 11.2. The summed E-state index contributed by atoms with van der Waals surface area (Å²) >= 11 is 0. The molecule has 4 rings (SSSR count). The van der Waals surface area contributed by atoms with Crippen LogP contribution in [0.1, 0.15) is 55.9 Å². The minimum atomic E-state index is -0.393. The Balaban J connectivity index is 1.73. The van der Waals surface area contributed by atoms with Gasteiger partial charge < -0.3 is 19.7 Å². The summed E-state index contributed by atoms with van der Waals surface area (Å²) in [6, 6.07) is 3.41. The third kappa shape index (κ3) is 4.08. The number of likely N-dealkylation sites (N-methyl/N-ethyl adjacent to an activating group) is 1. The average Bonchev–Trinajstić information content (AvgIpc) is 3.59. The van der Waals surface area contributed by atoms with Gasteiger partial charge in [0.15, 0.2) is 0 Å². The van der Waals surface area contributed by atoms with E-state index in [0.717, 1.165) is 63.9 Å². The Bertz CT molecular complexity index is 991. The van der Waals surface area contributed by atoms with Crippen molar-refractivity contribution in [3.8, 4) is 0 Å². The Morgan fingerprint density at radius 1 is 1.17 bits per heavy atom. The van der Waals surface area contributed by atoms with E-state index in [2.05, 4.69) is 22.0 Å². The summed E-state index contributed by atoms with van der Waals surface area (Å²) < 4.78 is 17.1. The van der Waals surface area contributed by atoms with Crippen LogP contribution in [0.2, 0.25) is 0 Å². The van der Waals surface area contributed by atoms with Gasteiger partial charge in [-0.15, -0.1) is 0 Å². The number of nitrogens with one attached hydrogen (secondary N) is 1. The molecule has 0 spiro atoms. The van der Waals surface area contributed by atoms with Crippen LogP contribution in [-0.2, 0) is 0 Å². The second kappa shape index (κ2) is 8.76. The van der Waals surface area contributed by atoms with Crippen molar-refractivity contribution in [2.75, 3.05) is 44.2 Å². The Kier molecular flexibility index (Phi) is 6.09. The van der Waals surface area contributed by atoms with Crippen molar-refractivity contribution in [3.05, 3.63) is 39.9 Å². The van der Waals surface area contributed by atoms with E-state index in [1.165, 1.54) is 6.07 Å². The van der Waals surface area contributed by atoms with Gasteiger partial charge in [0.25, 0.3) is 5.91 Å². The molecule has 0 radical (unpaired) electrons. The van der Waals surface area contributed by atoms with E-state index >= 15 is 4.39 Å². The van der Waals surface area contributed by atoms with Crippen LogP contribution < -0.4 is 15.6 Å². The molecule has 6 nitrogen and oxygen atoms in total. The molecule has 2 fully saturated rings. The van der Waals surface area contributed by atoms with Crippen molar-refractivity contribution in [1.82, 2.24) is 14.8 Å².